The van der Waals surface area contributed by atoms with Crippen LogP contribution in [-0.4, -0.2) is 70.4 Å². The van der Waals surface area contributed by atoms with Gasteiger partial charge in [-0.1, -0.05) is 61.0 Å². The topological polar surface area (TPSA) is 90.0 Å². The van der Waals surface area contributed by atoms with Gasteiger partial charge in [-0.15, -0.1) is 0 Å². The standard InChI is InChI=1S/C26H47N3O4/c1-16(2)19(6)29-14-12-11-13-20(29)23(30)27-22(26(7,8)9)24(31)28(10)21(17(3)4)15-18(5)25(32)33/h15-17,19-22H,11-14H2,1-10H3,(H,27,30)(H,32,33)/t19?,20-,21-,22?/m1/s1. The number of amides is 2. The zero-order chi connectivity index (χ0) is 25.7. The van der Waals surface area contributed by atoms with Gasteiger partial charge in [0.2, 0.25) is 11.8 Å². The van der Waals surface area contributed by atoms with Crippen LogP contribution in [-0.2, 0) is 14.4 Å². The van der Waals surface area contributed by atoms with Gasteiger partial charge < -0.3 is 15.3 Å². The number of hydrogen-bond donors (Lipinski definition) is 2. The normalized spacial score (nSPS) is 21.0. The molecular formula is C26H47N3O4. The van der Waals surface area contributed by atoms with Gasteiger partial charge in [0, 0.05) is 18.7 Å². The summed E-state index contributed by atoms with van der Waals surface area (Å²) in [5, 5.41) is 12.4. The van der Waals surface area contributed by atoms with Crippen molar-refractivity contribution < 1.29 is 19.5 Å². The quantitative estimate of drug-likeness (QED) is 0.504. The highest BCUT2D eigenvalue weighted by atomic mass is 16.4. The summed E-state index contributed by atoms with van der Waals surface area (Å²) >= 11 is 0. The molecule has 0 saturated carbocycles. The number of carbonyl (C=O) groups excluding carboxylic acids is 2. The molecule has 1 aliphatic rings. The molecule has 4 atom stereocenters. The second kappa shape index (κ2) is 12.0. The molecule has 7 nitrogen and oxygen atoms in total. The minimum atomic E-state index is -1.00. The zero-order valence-corrected chi connectivity index (χ0v) is 22.4. The van der Waals surface area contributed by atoms with Gasteiger partial charge in [0.1, 0.15) is 6.04 Å². The Kier molecular flexibility index (Phi) is 10.6. The number of rotatable bonds is 9. The van der Waals surface area contributed by atoms with Crippen molar-refractivity contribution in [1.29, 1.82) is 0 Å². The number of likely N-dealkylation sites (N-methyl/N-ethyl adjacent to an activating group) is 1. The monoisotopic (exact) mass is 465 g/mol. The summed E-state index contributed by atoms with van der Waals surface area (Å²) in [6.07, 6.45) is 4.50. The number of carbonyl (C=O) groups is 3. The van der Waals surface area contributed by atoms with Crippen molar-refractivity contribution in [2.75, 3.05) is 13.6 Å². The molecule has 1 heterocycles. The lowest BCUT2D eigenvalue weighted by Crippen LogP contribution is -2.61. The molecule has 0 aromatic rings. The lowest BCUT2D eigenvalue weighted by molar-refractivity contribution is -0.142. The maximum atomic E-state index is 13.6. The molecule has 33 heavy (non-hydrogen) atoms. The lowest BCUT2D eigenvalue weighted by Gasteiger charge is -2.42. The first-order chi connectivity index (χ1) is 15.1. The molecule has 0 aliphatic carbocycles. The molecule has 0 aromatic heterocycles. The maximum Gasteiger partial charge on any atom is 0.331 e. The number of nitrogens with zero attached hydrogens (tertiary/aromatic N) is 2. The third kappa shape index (κ3) is 7.83. The Morgan fingerprint density at radius 3 is 2.09 bits per heavy atom. The van der Waals surface area contributed by atoms with Crippen molar-refractivity contribution in [2.24, 2.45) is 17.3 Å². The van der Waals surface area contributed by atoms with E-state index in [0.717, 1.165) is 25.8 Å². The molecule has 0 bridgehead atoms. The first kappa shape index (κ1) is 29.1. The van der Waals surface area contributed by atoms with Crippen LogP contribution in [0.1, 0.15) is 81.6 Å². The van der Waals surface area contributed by atoms with E-state index in [1.54, 1.807) is 18.0 Å². The zero-order valence-electron chi connectivity index (χ0n) is 22.4. The Morgan fingerprint density at radius 2 is 1.64 bits per heavy atom. The largest absolute Gasteiger partial charge is 0.478 e. The number of piperidine rings is 1. The van der Waals surface area contributed by atoms with Crippen molar-refractivity contribution >= 4 is 17.8 Å². The molecule has 2 amide bonds. The second-order valence-corrected chi connectivity index (χ2v) is 11.4. The van der Waals surface area contributed by atoms with Gasteiger partial charge in [0.25, 0.3) is 0 Å². The smallest absolute Gasteiger partial charge is 0.331 e. The van der Waals surface area contributed by atoms with Gasteiger partial charge in [-0.05, 0) is 50.5 Å². The van der Waals surface area contributed by atoms with E-state index in [9.17, 15) is 19.5 Å². The lowest BCUT2D eigenvalue weighted by atomic mass is 9.84. The second-order valence-electron chi connectivity index (χ2n) is 11.4. The minimum Gasteiger partial charge on any atom is -0.478 e. The molecule has 1 aliphatic heterocycles. The van der Waals surface area contributed by atoms with Crippen LogP contribution in [0.5, 0.6) is 0 Å². The third-order valence-electron chi connectivity index (χ3n) is 6.97. The minimum absolute atomic E-state index is 0.0188. The Labute approximate surface area is 201 Å². The average molecular weight is 466 g/mol. The van der Waals surface area contributed by atoms with Crippen molar-refractivity contribution in [1.82, 2.24) is 15.1 Å². The van der Waals surface area contributed by atoms with E-state index >= 15 is 0 Å². The maximum absolute atomic E-state index is 13.6. The third-order valence-corrected chi connectivity index (χ3v) is 6.97. The number of carboxylic acid groups (broad SMARTS) is 1. The van der Waals surface area contributed by atoms with E-state index in [1.165, 1.54) is 6.92 Å². The summed E-state index contributed by atoms with van der Waals surface area (Å²) in [5.74, 6) is -0.852. The number of nitrogens with one attached hydrogen (secondary N) is 1. The molecular weight excluding hydrogens is 418 g/mol. The number of carboxylic acids is 1. The van der Waals surface area contributed by atoms with Crippen LogP contribution in [0.2, 0.25) is 0 Å². The predicted octanol–water partition coefficient (Wildman–Crippen LogP) is 3.93. The van der Waals surface area contributed by atoms with Crippen LogP contribution in [0.3, 0.4) is 0 Å². The van der Waals surface area contributed by atoms with Crippen molar-refractivity contribution in [3.8, 4) is 0 Å². The van der Waals surface area contributed by atoms with Crippen molar-refractivity contribution in [2.45, 2.75) is 106 Å². The van der Waals surface area contributed by atoms with Crippen LogP contribution in [0.15, 0.2) is 11.6 Å². The van der Waals surface area contributed by atoms with Gasteiger partial charge in [-0.3, -0.25) is 14.5 Å². The molecule has 2 N–H and O–H groups in total. The SMILES string of the molecule is CC(=C[C@H](C(C)C)N(C)C(=O)C(NC(=O)[C@H]1CCCCN1C(C)C(C)C)C(C)(C)C)C(=O)O. The van der Waals surface area contributed by atoms with E-state index in [0.29, 0.717) is 5.92 Å². The Hall–Kier alpha value is -1.89. The summed E-state index contributed by atoms with van der Waals surface area (Å²) in [6, 6.07) is -1.06. The van der Waals surface area contributed by atoms with Crippen LogP contribution in [0.4, 0.5) is 0 Å². The fourth-order valence-corrected chi connectivity index (χ4v) is 4.42. The van der Waals surface area contributed by atoms with Crippen molar-refractivity contribution in [3.63, 3.8) is 0 Å². The van der Waals surface area contributed by atoms with E-state index in [-0.39, 0.29) is 41.4 Å². The van der Waals surface area contributed by atoms with E-state index in [4.69, 9.17) is 0 Å². The van der Waals surface area contributed by atoms with E-state index in [1.807, 2.05) is 34.6 Å². The van der Waals surface area contributed by atoms with Crippen LogP contribution in [0, 0.1) is 17.3 Å². The molecule has 1 fully saturated rings. The molecule has 1 rings (SSSR count). The summed E-state index contributed by atoms with van der Waals surface area (Å²) in [4.78, 5) is 42.4. The van der Waals surface area contributed by atoms with E-state index in [2.05, 4.69) is 31.0 Å². The number of likely N-dealkylation sites (tertiary alicyclic amines) is 1. The molecule has 0 aromatic carbocycles. The Morgan fingerprint density at radius 1 is 1.06 bits per heavy atom. The average Bonchev–Trinajstić information content (AvgIpc) is 2.72. The summed E-state index contributed by atoms with van der Waals surface area (Å²) in [5.41, 5.74) is -0.303. The Balaban J connectivity index is 3.18. The first-order valence-electron chi connectivity index (χ1n) is 12.3. The summed E-state index contributed by atoms with van der Waals surface area (Å²) in [6.45, 7) is 18.7. The van der Waals surface area contributed by atoms with Gasteiger partial charge in [0.05, 0.1) is 12.1 Å². The molecule has 2 unspecified atom stereocenters. The molecule has 0 radical (unpaired) electrons. The molecule has 190 valence electrons. The van der Waals surface area contributed by atoms with E-state index < -0.39 is 17.4 Å². The summed E-state index contributed by atoms with van der Waals surface area (Å²) in [7, 11) is 1.69. The van der Waals surface area contributed by atoms with Crippen LogP contribution in [0.25, 0.3) is 0 Å². The van der Waals surface area contributed by atoms with Crippen molar-refractivity contribution in [3.05, 3.63) is 11.6 Å². The molecule has 0 spiro atoms. The van der Waals surface area contributed by atoms with Gasteiger partial charge >= 0.3 is 5.97 Å². The highest BCUT2D eigenvalue weighted by Crippen LogP contribution is 2.27. The summed E-state index contributed by atoms with van der Waals surface area (Å²) < 4.78 is 0. The van der Waals surface area contributed by atoms with Crippen LogP contribution >= 0.6 is 0 Å². The number of aliphatic carboxylic acids is 1. The fourth-order valence-electron chi connectivity index (χ4n) is 4.42. The fraction of sp³-hybridized carbons (Fsp3) is 0.808. The highest BCUT2D eigenvalue weighted by molar-refractivity contribution is 5.91. The first-order valence-corrected chi connectivity index (χ1v) is 12.3. The predicted molar refractivity (Wildman–Crippen MR) is 133 cm³/mol. The van der Waals surface area contributed by atoms with Crippen LogP contribution < -0.4 is 5.32 Å². The highest BCUT2D eigenvalue weighted by Gasteiger charge is 2.40. The Bertz CT molecular complexity index is 724. The molecule has 7 heteroatoms. The number of hydrogen-bond acceptors (Lipinski definition) is 4. The molecule has 1 saturated heterocycles. The van der Waals surface area contributed by atoms with Gasteiger partial charge in [-0.25, -0.2) is 4.79 Å². The van der Waals surface area contributed by atoms with Gasteiger partial charge in [-0.2, -0.15) is 0 Å². The van der Waals surface area contributed by atoms with Gasteiger partial charge in [0.15, 0.2) is 0 Å².